The summed E-state index contributed by atoms with van der Waals surface area (Å²) < 4.78 is 0. The molecule has 2 amide bonds. The molecule has 1 aliphatic rings. The molecule has 1 fully saturated rings. The van der Waals surface area contributed by atoms with Gasteiger partial charge in [-0.05, 0) is 24.2 Å². The molecule has 0 aromatic carbocycles. The second-order valence-electron chi connectivity index (χ2n) is 6.55. The van der Waals surface area contributed by atoms with Crippen molar-refractivity contribution in [3.05, 3.63) is 0 Å². The first-order valence-corrected chi connectivity index (χ1v) is 7.53. The number of aliphatic carboxylic acids is 1. The predicted molar refractivity (Wildman–Crippen MR) is 78.6 cm³/mol. The van der Waals surface area contributed by atoms with E-state index >= 15 is 0 Å². The topological polar surface area (TPSA) is 69.6 Å². The van der Waals surface area contributed by atoms with E-state index in [1.54, 1.807) is 7.05 Å². The quantitative estimate of drug-likeness (QED) is 0.788. The van der Waals surface area contributed by atoms with Gasteiger partial charge in [-0.3, -0.25) is 4.79 Å². The monoisotopic (exact) mass is 284 g/mol. The molecule has 0 saturated heterocycles. The van der Waals surface area contributed by atoms with Crippen molar-refractivity contribution < 1.29 is 14.7 Å². The standard InChI is InChI=1S/C15H28N2O3/c1-15(2,12-7-5-4-6-8-12)11-16-14(20)17(3)10-9-13(18)19/h12H,4-11H2,1-3H3,(H,16,20)(H,18,19). The van der Waals surface area contributed by atoms with Gasteiger partial charge >= 0.3 is 12.0 Å². The fraction of sp³-hybridized carbons (Fsp3) is 0.867. The Morgan fingerprint density at radius 3 is 2.40 bits per heavy atom. The number of urea groups is 1. The van der Waals surface area contributed by atoms with Crippen LogP contribution in [0.5, 0.6) is 0 Å². The van der Waals surface area contributed by atoms with Crippen molar-refractivity contribution >= 4 is 12.0 Å². The summed E-state index contributed by atoms with van der Waals surface area (Å²) in [5, 5.41) is 11.6. The molecular formula is C15H28N2O3. The van der Waals surface area contributed by atoms with Crippen LogP contribution in [-0.4, -0.2) is 42.1 Å². The summed E-state index contributed by atoms with van der Waals surface area (Å²) in [6.07, 6.45) is 6.39. The number of hydrogen-bond donors (Lipinski definition) is 2. The molecule has 0 spiro atoms. The lowest BCUT2D eigenvalue weighted by molar-refractivity contribution is -0.137. The SMILES string of the molecule is CN(CCC(=O)O)C(=O)NCC(C)(C)C1CCCCC1. The van der Waals surface area contributed by atoms with Gasteiger partial charge < -0.3 is 15.3 Å². The lowest BCUT2D eigenvalue weighted by Crippen LogP contribution is -2.44. The van der Waals surface area contributed by atoms with Crippen LogP contribution in [0.15, 0.2) is 0 Å². The number of nitrogens with one attached hydrogen (secondary N) is 1. The molecule has 1 rings (SSSR count). The van der Waals surface area contributed by atoms with Crippen LogP contribution < -0.4 is 5.32 Å². The van der Waals surface area contributed by atoms with Gasteiger partial charge in [0, 0.05) is 20.1 Å². The van der Waals surface area contributed by atoms with E-state index in [0.29, 0.717) is 12.5 Å². The Kier molecular flexibility index (Phi) is 6.30. The number of nitrogens with zero attached hydrogens (tertiary/aromatic N) is 1. The van der Waals surface area contributed by atoms with E-state index in [0.717, 1.165) is 0 Å². The summed E-state index contributed by atoms with van der Waals surface area (Å²) in [7, 11) is 1.63. The molecule has 0 aliphatic heterocycles. The fourth-order valence-corrected chi connectivity index (χ4v) is 2.83. The van der Waals surface area contributed by atoms with Crippen molar-refractivity contribution in [3.8, 4) is 0 Å². The second-order valence-corrected chi connectivity index (χ2v) is 6.55. The molecule has 116 valence electrons. The highest BCUT2D eigenvalue weighted by molar-refractivity contribution is 5.75. The highest BCUT2D eigenvalue weighted by atomic mass is 16.4. The van der Waals surface area contributed by atoms with Crippen molar-refractivity contribution in [1.82, 2.24) is 10.2 Å². The highest BCUT2D eigenvalue weighted by Gasteiger charge is 2.31. The van der Waals surface area contributed by atoms with Gasteiger partial charge in [-0.2, -0.15) is 0 Å². The van der Waals surface area contributed by atoms with Crippen LogP contribution in [-0.2, 0) is 4.79 Å². The van der Waals surface area contributed by atoms with Crippen molar-refractivity contribution in [1.29, 1.82) is 0 Å². The fourth-order valence-electron chi connectivity index (χ4n) is 2.83. The first kappa shape index (κ1) is 16.8. The molecular weight excluding hydrogens is 256 g/mol. The van der Waals surface area contributed by atoms with Crippen LogP contribution in [0.25, 0.3) is 0 Å². The third-order valence-electron chi connectivity index (χ3n) is 4.41. The molecule has 1 aliphatic carbocycles. The number of hydrogen-bond acceptors (Lipinski definition) is 2. The van der Waals surface area contributed by atoms with Gasteiger partial charge in [0.2, 0.25) is 0 Å². The predicted octanol–water partition coefficient (Wildman–Crippen LogP) is 2.71. The van der Waals surface area contributed by atoms with Gasteiger partial charge in [0.25, 0.3) is 0 Å². The van der Waals surface area contributed by atoms with Gasteiger partial charge in [0.1, 0.15) is 0 Å². The van der Waals surface area contributed by atoms with E-state index in [2.05, 4.69) is 19.2 Å². The van der Waals surface area contributed by atoms with E-state index in [1.165, 1.54) is 37.0 Å². The van der Waals surface area contributed by atoms with E-state index < -0.39 is 5.97 Å². The summed E-state index contributed by atoms with van der Waals surface area (Å²) in [5.41, 5.74) is 0.101. The first-order valence-electron chi connectivity index (χ1n) is 7.53. The molecule has 0 radical (unpaired) electrons. The number of carbonyl (C=O) groups is 2. The number of rotatable bonds is 6. The van der Waals surface area contributed by atoms with E-state index in [4.69, 9.17) is 5.11 Å². The zero-order chi connectivity index (χ0) is 15.2. The van der Waals surface area contributed by atoms with Crippen LogP contribution in [0.1, 0.15) is 52.4 Å². The summed E-state index contributed by atoms with van der Waals surface area (Å²) in [6.45, 7) is 5.31. The largest absolute Gasteiger partial charge is 0.481 e. The van der Waals surface area contributed by atoms with Crippen LogP contribution in [0.3, 0.4) is 0 Å². The van der Waals surface area contributed by atoms with Gasteiger partial charge in [-0.1, -0.05) is 33.1 Å². The smallest absolute Gasteiger partial charge is 0.317 e. The minimum atomic E-state index is -0.882. The van der Waals surface area contributed by atoms with Crippen LogP contribution >= 0.6 is 0 Å². The highest BCUT2D eigenvalue weighted by Crippen LogP contribution is 2.37. The Bertz CT molecular complexity index is 336. The Morgan fingerprint density at radius 1 is 1.25 bits per heavy atom. The number of carboxylic acids is 1. The first-order chi connectivity index (χ1) is 9.33. The minimum Gasteiger partial charge on any atom is -0.481 e. The Labute approximate surface area is 121 Å². The Balaban J connectivity index is 2.36. The average molecular weight is 284 g/mol. The molecule has 5 nitrogen and oxygen atoms in total. The van der Waals surface area contributed by atoms with Gasteiger partial charge in [0.15, 0.2) is 0 Å². The molecule has 0 atom stereocenters. The summed E-state index contributed by atoms with van der Waals surface area (Å²) >= 11 is 0. The van der Waals surface area contributed by atoms with Crippen molar-refractivity contribution in [3.63, 3.8) is 0 Å². The maximum absolute atomic E-state index is 11.9. The number of carbonyl (C=O) groups excluding carboxylic acids is 1. The number of carboxylic acid groups (broad SMARTS) is 1. The molecule has 2 N–H and O–H groups in total. The second kappa shape index (κ2) is 7.50. The van der Waals surface area contributed by atoms with E-state index in [1.807, 2.05) is 0 Å². The third kappa shape index (κ3) is 5.39. The molecule has 0 unspecified atom stereocenters. The maximum Gasteiger partial charge on any atom is 0.317 e. The molecule has 0 bridgehead atoms. The van der Waals surface area contributed by atoms with Crippen molar-refractivity contribution in [2.24, 2.45) is 11.3 Å². The number of amides is 2. The molecule has 1 saturated carbocycles. The van der Waals surface area contributed by atoms with Gasteiger partial charge in [-0.25, -0.2) is 4.79 Å². The van der Waals surface area contributed by atoms with E-state index in [9.17, 15) is 9.59 Å². The maximum atomic E-state index is 11.9. The third-order valence-corrected chi connectivity index (χ3v) is 4.41. The van der Waals surface area contributed by atoms with E-state index in [-0.39, 0.29) is 24.4 Å². The average Bonchev–Trinajstić information content (AvgIpc) is 2.43. The molecule has 0 aromatic rings. The van der Waals surface area contributed by atoms with Gasteiger partial charge in [0.05, 0.1) is 6.42 Å². The van der Waals surface area contributed by atoms with Crippen LogP contribution in [0.2, 0.25) is 0 Å². The molecule has 0 heterocycles. The molecule has 0 aromatic heterocycles. The molecule has 20 heavy (non-hydrogen) atoms. The summed E-state index contributed by atoms with van der Waals surface area (Å²) in [5.74, 6) is -0.215. The zero-order valence-electron chi connectivity index (χ0n) is 12.9. The van der Waals surface area contributed by atoms with Crippen molar-refractivity contribution in [2.75, 3.05) is 20.1 Å². The minimum absolute atomic E-state index is 0.0179. The van der Waals surface area contributed by atoms with Crippen LogP contribution in [0, 0.1) is 11.3 Å². The van der Waals surface area contributed by atoms with Gasteiger partial charge in [-0.15, -0.1) is 0 Å². The summed E-state index contributed by atoms with van der Waals surface area (Å²) in [6, 6.07) is -0.185. The van der Waals surface area contributed by atoms with Crippen molar-refractivity contribution in [2.45, 2.75) is 52.4 Å². The summed E-state index contributed by atoms with van der Waals surface area (Å²) in [4.78, 5) is 23.8. The Morgan fingerprint density at radius 2 is 1.85 bits per heavy atom. The lowest BCUT2D eigenvalue weighted by Gasteiger charge is -2.37. The zero-order valence-corrected chi connectivity index (χ0v) is 12.9. The lowest BCUT2D eigenvalue weighted by atomic mass is 9.71. The molecule has 5 heteroatoms. The normalized spacial score (nSPS) is 16.8. The van der Waals surface area contributed by atoms with Crippen LogP contribution in [0.4, 0.5) is 4.79 Å². The Hall–Kier alpha value is -1.26.